The monoisotopic (exact) mass is 452 g/mol. The van der Waals surface area contributed by atoms with E-state index in [0.717, 1.165) is 43.0 Å². The fourth-order valence-electron chi connectivity index (χ4n) is 4.62. The van der Waals surface area contributed by atoms with Crippen molar-refractivity contribution in [2.45, 2.75) is 75.7 Å². The first-order valence-electron chi connectivity index (χ1n) is 11.5. The largest absolute Gasteiger partial charge is 0.497 e. The van der Waals surface area contributed by atoms with Crippen LogP contribution in [-0.4, -0.2) is 28.9 Å². The van der Waals surface area contributed by atoms with Gasteiger partial charge in [-0.15, -0.1) is 11.8 Å². The molecule has 0 amide bonds. The molecule has 1 unspecified atom stereocenters. The summed E-state index contributed by atoms with van der Waals surface area (Å²) in [6, 6.07) is 15.1. The number of methoxy groups -OCH3 is 1. The molecule has 1 aliphatic heterocycles. The van der Waals surface area contributed by atoms with E-state index < -0.39 is 0 Å². The van der Waals surface area contributed by atoms with Gasteiger partial charge >= 0.3 is 0 Å². The highest BCUT2D eigenvalue weighted by Gasteiger charge is 2.31. The van der Waals surface area contributed by atoms with Crippen molar-refractivity contribution >= 4 is 22.8 Å². The molecule has 172 valence electrons. The molecule has 1 aliphatic rings. The zero-order valence-corrected chi connectivity index (χ0v) is 21.1. The Kier molecular flexibility index (Phi) is 6.60. The normalized spacial score (nSPS) is 18.8. The smallest absolute Gasteiger partial charge is 0.118 e. The van der Waals surface area contributed by atoms with Gasteiger partial charge in [-0.1, -0.05) is 32.9 Å². The Balaban J connectivity index is 1.57. The number of nitrogens with zero attached hydrogens (tertiary/aromatic N) is 2. The molecule has 2 aromatic carbocycles. The van der Waals surface area contributed by atoms with Crippen LogP contribution in [0.3, 0.4) is 0 Å². The number of ether oxygens (including phenoxy) is 2. The third-order valence-corrected chi connectivity index (χ3v) is 7.26. The fourth-order valence-corrected chi connectivity index (χ4v) is 5.50. The molecule has 5 heteroatoms. The topological polar surface area (TPSA) is 36.3 Å². The van der Waals surface area contributed by atoms with Crippen LogP contribution in [0.15, 0.2) is 47.4 Å². The van der Waals surface area contributed by atoms with E-state index in [1.165, 1.54) is 21.8 Å². The molecule has 32 heavy (non-hydrogen) atoms. The van der Waals surface area contributed by atoms with Gasteiger partial charge in [0.2, 0.25) is 0 Å². The Hall–Kier alpha value is -1.98. The zero-order valence-electron chi connectivity index (χ0n) is 20.3. The Labute approximate surface area is 196 Å². The average Bonchev–Trinajstić information content (AvgIpc) is 3.10. The SMILES string of the molecule is COc1ccc(CSc2ccc3c(c2)nc(C(C)(C)C)n3CC2CCOC(C)(C)C2)cc1. The van der Waals surface area contributed by atoms with Crippen LogP contribution in [0.2, 0.25) is 0 Å². The van der Waals surface area contributed by atoms with Crippen LogP contribution in [0.4, 0.5) is 0 Å². The lowest BCUT2D eigenvalue weighted by Gasteiger charge is -2.36. The van der Waals surface area contributed by atoms with Crippen molar-refractivity contribution in [3.05, 3.63) is 53.9 Å². The molecule has 1 atom stereocenters. The van der Waals surface area contributed by atoms with Crippen molar-refractivity contribution in [2.75, 3.05) is 13.7 Å². The minimum absolute atomic E-state index is 0.00386. The van der Waals surface area contributed by atoms with Gasteiger partial charge in [-0.3, -0.25) is 0 Å². The van der Waals surface area contributed by atoms with Gasteiger partial charge in [-0.05, 0) is 68.5 Å². The number of hydrogen-bond donors (Lipinski definition) is 0. The molecule has 2 heterocycles. The molecule has 0 aliphatic carbocycles. The number of thioether (sulfide) groups is 1. The quantitative estimate of drug-likeness (QED) is 0.384. The van der Waals surface area contributed by atoms with Gasteiger partial charge in [0.15, 0.2) is 0 Å². The molecule has 4 nitrogen and oxygen atoms in total. The van der Waals surface area contributed by atoms with Crippen LogP contribution in [-0.2, 0) is 22.4 Å². The van der Waals surface area contributed by atoms with Crippen LogP contribution < -0.4 is 4.74 Å². The maximum Gasteiger partial charge on any atom is 0.118 e. The minimum atomic E-state index is -0.0353. The number of imidazole rings is 1. The number of hydrogen-bond acceptors (Lipinski definition) is 4. The van der Waals surface area contributed by atoms with Gasteiger partial charge in [0.1, 0.15) is 11.6 Å². The summed E-state index contributed by atoms with van der Waals surface area (Å²) in [6.07, 6.45) is 2.20. The first-order valence-corrected chi connectivity index (χ1v) is 12.5. The Morgan fingerprint density at radius 1 is 1.16 bits per heavy atom. The van der Waals surface area contributed by atoms with Gasteiger partial charge in [0.25, 0.3) is 0 Å². The predicted molar refractivity (Wildman–Crippen MR) is 134 cm³/mol. The van der Waals surface area contributed by atoms with Gasteiger partial charge in [-0.2, -0.15) is 0 Å². The van der Waals surface area contributed by atoms with Crippen molar-refractivity contribution in [1.29, 1.82) is 0 Å². The van der Waals surface area contributed by atoms with Crippen LogP contribution in [0.5, 0.6) is 5.75 Å². The Bertz CT molecular complexity index is 1060. The van der Waals surface area contributed by atoms with Crippen LogP contribution in [0.1, 0.15) is 58.8 Å². The van der Waals surface area contributed by atoms with Gasteiger partial charge in [0, 0.05) is 29.2 Å². The van der Waals surface area contributed by atoms with E-state index in [-0.39, 0.29) is 11.0 Å². The second kappa shape index (κ2) is 9.11. The highest BCUT2D eigenvalue weighted by molar-refractivity contribution is 7.98. The second-order valence-electron chi connectivity index (χ2n) is 10.6. The van der Waals surface area contributed by atoms with E-state index in [0.29, 0.717) is 5.92 Å². The van der Waals surface area contributed by atoms with Crippen LogP contribution in [0, 0.1) is 5.92 Å². The van der Waals surface area contributed by atoms with Crippen molar-refractivity contribution in [3.63, 3.8) is 0 Å². The summed E-state index contributed by atoms with van der Waals surface area (Å²) in [5.74, 6) is 3.61. The molecular formula is C27H36N2O2S. The molecule has 1 saturated heterocycles. The molecule has 0 N–H and O–H groups in total. The highest BCUT2D eigenvalue weighted by atomic mass is 32.2. The van der Waals surface area contributed by atoms with Crippen molar-refractivity contribution in [3.8, 4) is 5.75 Å². The number of aromatic nitrogens is 2. The molecule has 3 aromatic rings. The summed E-state index contributed by atoms with van der Waals surface area (Å²) in [5, 5.41) is 0. The van der Waals surface area contributed by atoms with E-state index >= 15 is 0 Å². The lowest BCUT2D eigenvalue weighted by Crippen LogP contribution is -2.36. The van der Waals surface area contributed by atoms with E-state index in [4.69, 9.17) is 14.5 Å². The molecule has 0 saturated carbocycles. The lowest BCUT2D eigenvalue weighted by molar-refractivity contribution is -0.0748. The first-order chi connectivity index (χ1) is 15.1. The number of rotatable bonds is 6. The Morgan fingerprint density at radius 3 is 2.56 bits per heavy atom. The molecule has 4 rings (SSSR count). The number of benzene rings is 2. The molecule has 1 fully saturated rings. The van der Waals surface area contributed by atoms with Crippen LogP contribution >= 0.6 is 11.8 Å². The Morgan fingerprint density at radius 2 is 1.91 bits per heavy atom. The molecule has 0 spiro atoms. The highest BCUT2D eigenvalue weighted by Crippen LogP contribution is 2.34. The third kappa shape index (κ3) is 5.32. The van der Waals surface area contributed by atoms with Crippen LogP contribution in [0.25, 0.3) is 11.0 Å². The maximum absolute atomic E-state index is 5.96. The van der Waals surface area contributed by atoms with Gasteiger partial charge in [0.05, 0.1) is 23.7 Å². The molecule has 0 bridgehead atoms. The maximum atomic E-state index is 5.96. The second-order valence-corrected chi connectivity index (χ2v) is 11.6. The minimum Gasteiger partial charge on any atom is -0.497 e. The lowest BCUT2D eigenvalue weighted by atomic mass is 9.88. The fraction of sp³-hybridized carbons (Fsp3) is 0.519. The van der Waals surface area contributed by atoms with E-state index in [2.05, 4.69) is 69.5 Å². The van der Waals surface area contributed by atoms with Crippen molar-refractivity contribution in [1.82, 2.24) is 9.55 Å². The average molecular weight is 453 g/mol. The summed E-state index contributed by atoms with van der Waals surface area (Å²) < 4.78 is 13.7. The van der Waals surface area contributed by atoms with Crippen molar-refractivity contribution in [2.24, 2.45) is 5.92 Å². The van der Waals surface area contributed by atoms with E-state index in [9.17, 15) is 0 Å². The van der Waals surface area contributed by atoms with E-state index in [1.54, 1.807) is 7.11 Å². The summed E-state index contributed by atoms with van der Waals surface area (Å²) >= 11 is 1.85. The van der Waals surface area contributed by atoms with Gasteiger partial charge in [-0.25, -0.2) is 4.98 Å². The first kappa shape index (κ1) is 23.2. The van der Waals surface area contributed by atoms with Gasteiger partial charge < -0.3 is 14.0 Å². The molecule has 1 aromatic heterocycles. The standard InChI is InChI=1S/C27H36N2O2S/c1-26(2,3)25-28-23-15-22(32-18-19-7-9-21(30-6)10-8-19)11-12-24(23)29(25)17-20-13-14-31-27(4,5)16-20/h7-12,15,20H,13-14,16-18H2,1-6H3. The van der Waals surface area contributed by atoms with Crippen molar-refractivity contribution < 1.29 is 9.47 Å². The summed E-state index contributed by atoms with van der Waals surface area (Å²) in [6.45, 7) is 13.1. The summed E-state index contributed by atoms with van der Waals surface area (Å²) in [5.41, 5.74) is 3.59. The predicted octanol–water partition coefficient (Wildman–Crippen LogP) is 6.84. The van der Waals surface area contributed by atoms with E-state index in [1.807, 2.05) is 23.9 Å². The molecular weight excluding hydrogens is 416 g/mol. The summed E-state index contributed by atoms with van der Waals surface area (Å²) in [7, 11) is 1.70. The zero-order chi connectivity index (χ0) is 22.9. The number of fused-ring (bicyclic) bond motifs is 1. The third-order valence-electron chi connectivity index (χ3n) is 6.20. The summed E-state index contributed by atoms with van der Waals surface area (Å²) in [4.78, 5) is 6.38. The molecule has 0 radical (unpaired) electrons.